The summed E-state index contributed by atoms with van der Waals surface area (Å²) in [6.45, 7) is 11.0. The van der Waals surface area contributed by atoms with Crippen molar-refractivity contribution in [3.05, 3.63) is 0 Å². The molecule has 2 aliphatic rings. The van der Waals surface area contributed by atoms with Crippen molar-refractivity contribution >= 4 is 5.91 Å². The van der Waals surface area contributed by atoms with E-state index in [0.29, 0.717) is 12.3 Å². The molecule has 4 nitrogen and oxygen atoms in total. The molecule has 2 rings (SSSR count). The first kappa shape index (κ1) is 14.8. The molecular formula is C15H28N2O2. The molecule has 1 amide bonds. The van der Waals surface area contributed by atoms with Crippen LogP contribution in [0.15, 0.2) is 0 Å². The maximum absolute atomic E-state index is 12.3. The monoisotopic (exact) mass is 268 g/mol. The van der Waals surface area contributed by atoms with Gasteiger partial charge in [0.15, 0.2) is 0 Å². The highest BCUT2D eigenvalue weighted by Crippen LogP contribution is 2.37. The third kappa shape index (κ3) is 2.95. The van der Waals surface area contributed by atoms with Gasteiger partial charge in [-0.05, 0) is 40.5 Å². The molecule has 0 aromatic heterocycles. The van der Waals surface area contributed by atoms with Crippen LogP contribution in [0, 0.1) is 5.92 Å². The lowest BCUT2D eigenvalue weighted by Crippen LogP contribution is -2.63. The van der Waals surface area contributed by atoms with Crippen LogP contribution in [0.2, 0.25) is 0 Å². The predicted octanol–water partition coefficient (Wildman–Crippen LogP) is 2.14. The number of hydrogen-bond acceptors (Lipinski definition) is 3. The van der Waals surface area contributed by atoms with E-state index in [2.05, 4.69) is 39.9 Å². The maximum Gasteiger partial charge on any atom is 0.225 e. The Kier molecular flexibility index (Phi) is 3.69. The van der Waals surface area contributed by atoms with Gasteiger partial charge in [0.25, 0.3) is 0 Å². The number of methoxy groups -OCH3 is 1. The summed E-state index contributed by atoms with van der Waals surface area (Å²) in [7, 11) is 1.71. The average molecular weight is 268 g/mol. The number of carbonyl (C=O) groups is 1. The van der Waals surface area contributed by atoms with Crippen molar-refractivity contribution < 1.29 is 9.53 Å². The van der Waals surface area contributed by atoms with Crippen molar-refractivity contribution in [3.8, 4) is 0 Å². The van der Waals surface area contributed by atoms with Crippen LogP contribution in [0.1, 0.15) is 53.9 Å². The van der Waals surface area contributed by atoms with Crippen molar-refractivity contribution in [2.24, 2.45) is 5.92 Å². The van der Waals surface area contributed by atoms with E-state index in [4.69, 9.17) is 4.74 Å². The molecule has 2 unspecified atom stereocenters. The molecular weight excluding hydrogens is 240 g/mol. The van der Waals surface area contributed by atoms with Crippen LogP contribution in [0.5, 0.6) is 0 Å². The predicted molar refractivity (Wildman–Crippen MR) is 75.7 cm³/mol. The fourth-order valence-electron chi connectivity index (χ4n) is 4.12. The second-order valence-corrected chi connectivity index (χ2v) is 7.56. The van der Waals surface area contributed by atoms with Crippen LogP contribution >= 0.6 is 0 Å². The Morgan fingerprint density at radius 3 is 2.21 bits per heavy atom. The smallest absolute Gasteiger partial charge is 0.225 e. The first-order valence-corrected chi connectivity index (χ1v) is 7.28. The van der Waals surface area contributed by atoms with Gasteiger partial charge in [-0.25, -0.2) is 0 Å². The Bertz CT molecular complexity index is 349. The minimum Gasteiger partial charge on any atom is -0.361 e. The molecule has 2 fully saturated rings. The van der Waals surface area contributed by atoms with Crippen LogP contribution in [0.3, 0.4) is 0 Å². The van der Waals surface area contributed by atoms with Gasteiger partial charge < -0.3 is 15.0 Å². The second kappa shape index (κ2) is 4.74. The first-order chi connectivity index (χ1) is 8.65. The normalized spacial score (nSPS) is 34.8. The third-order valence-corrected chi connectivity index (χ3v) is 4.35. The Labute approximate surface area is 116 Å². The van der Waals surface area contributed by atoms with Gasteiger partial charge in [0.1, 0.15) is 6.23 Å². The summed E-state index contributed by atoms with van der Waals surface area (Å²) in [6.07, 6.45) is 2.52. The molecule has 110 valence electrons. The van der Waals surface area contributed by atoms with Gasteiger partial charge in [-0.3, -0.25) is 4.79 Å². The van der Waals surface area contributed by atoms with Crippen LogP contribution in [0.25, 0.3) is 0 Å². The molecule has 0 aromatic carbocycles. The van der Waals surface area contributed by atoms with Gasteiger partial charge in [-0.15, -0.1) is 0 Å². The highest BCUT2D eigenvalue weighted by molar-refractivity contribution is 5.79. The minimum absolute atomic E-state index is 0.0524. The summed E-state index contributed by atoms with van der Waals surface area (Å²) >= 11 is 0. The van der Waals surface area contributed by atoms with Crippen molar-refractivity contribution in [1.82, 2.24) is 10.2 Å². The molecule has 1 N–H and O–H groups in total. The van der Waals surface area contributed by atoms with Crippen molar-refractivity contribution in [2.45, 2.75) is 77.2 Å². The second-order valence-electron chi connectivity index (χ2n) is 7.56. The van der Waals surface area contributed by atoms with Crippen LogP contribution in [-0.2, 0) is 9.53 Å². The van der Waals surface area contributed by atoms with Gasteiger partial charge in [0.05, 0.1) is 0 Å². The van der Waals surface area contributed by atoms with Crippen molar-refractivity contribution in [3.63, 3.8) is 0 Å². The standard InChI is InChI=1S/C15H28N2O2/c1-10-7-12(18)17(13(10)19-6)11-8-14(2,3)16-15(4,5)9-11/h10-11,13,16H,7-9H2,1-6H3. The molecule has 0 spiro atoms. The molecule has 0 aromatic rings. The summed E-state index contributed by atoms with van der Waals surface area (Å²) in [6, 6.07) is 0.272. The molecule has 2 heterocycles. The van der Waals surface area contributed by atoms with Crippen molar-refractivity contribution in [2.75, 3.05) is 7.11 Å². The number of ether oxygens (including phenoxy) is 1. The Hall–Kier alpha value is -0.610. The Morgan fingerprint density at radius 2 is 1.74 bits per heavy atom. The summed E-state index contributed by atoms with van der Waals surface area (Å²) < 4.78 is 5.58. The zero-order valence-electron chi connectivity index (χ0n) is 13.1. The van der Waals surface area contributed by atoms with E-state index in [1.165, 1.54) is 0 Å². The molecule has 2 saturated heterocycles. The fourth-order valence-corrected chi connectivity index (χ4v) is 4.12. The maximum atomic E-state index is 12.3. The number of hydrogen-bond donors (Lipinski definition) is 1. The highest BCUT2D eigenvalue weighted by atomic mass is 16.5. The van der Waals surface area contributed by atoms with E-state index in [-0.39, 0.29) is 29.3 Å². The van der Waals surface area contributed by atoms with Gasteiger partial charge in [-0.2, -0.15) is 0 Å². The SMILES string of the molecule is COC1C(C)CC(=O)N1C1CC(C)(C)NC(C)(C)C1. The lowest BCUT2D eigenvalue weighted by Gasteiger charge is -2.50. The molecule has 2 aliphatic heterocycles. The van der Waals surface area contributed by atoms with E-state index < -0.39 is 0 Å². The lowest BCUT2D eigenvalue weighted by molar-refractivity contribution is -0.142. The van der Waals surface area contributed by atoms with E-state index in [0.717, 1.165) is 12.8 Å². The average Bonchev–Trinajstić information content (AvgIpc) is 2.47. The van der Waals surface area contributed by atoms with Crippen LogP contribution < -0.4 is 5.32 Å². The number of rotatable bonds is 2. The quantitative estimate of drug-likeness (QED) is 0.834. The molecule has 0 aliphatic carbocycles. The molecule has 0 bridgehead atoms. The van der Waals surface area contributed by atoms with Crippen LogP contribution in [-0.4, -0.2) is 41.3 Å². The zero-order chi connectivity index (χ0) is 14.4. The van der Waals surface area contributed by atoms with Gasteiger partial charge in [0, 0.05) is 36.6 Å². The summed E-state index contributed by atoms with van der Waals surface area (Å²) in [4.78, 5) is 14.3. The van der Waals surface area contributed by atoms with Crippen LogP contribution in [0.4, 0.5) is 0 Å². The number of likely N-dealkylation sites (tertiary alicyclic amines) is 1. The van der Waals surface area contributed by atoms with Gasteiger partial charge in [0.2, 0.25) is 5.91 Å². The Balaban J connectivity index is 2.22. The molecule has 0 saturated carbocycles. The summed E-state index contributed by atoms with van der Waals surface area (Å²) in [5, 5.41) is 3.67. The summed E-state index contributed by atoms with van der Waals surface area (Å²) in [5.74, 6) is 0.538. The molecule has 4 heteroatoms. The largest absolute Gasteiger partial charge is 0.361 e. The van der Waals surface area contributed by atoms with E-state index >= 15 is 0 Å². The zero-order valence-corrected chi connectivity index (χ0v) is 13.1. The molecule has 2 atom stereocenters. The minimum atomic E-state index is -0.0535. The summed E-state index contributed by atoms with van der Waals surface area (Å²) in [5.41, 5.74) is 0.105. The van der Waals surface area contributed by atoms with Crippen molar-refractivity contribution in [1.29, 1.82) is 0 Å². The van der Waals surface area contributed by atoms with E-state index in [1.54, 1.807) is 7.11 Å². The van der Waals surface area contributed by atoms with Gasteiger partial charge >= 0.3 is 0 Å². The first-order valence-electron chi connectivity index (χ1n) is 7.28. The molecule has 0 radical (unpaired) electrons. The lowest BCUT2D eigenvalue weighted by atomic mass is 9.79. The number of carbonyl (C=O) groups excluding carboxylic acids is 1. The number of amides is 1. The number of nitrogens with one attached hydrogen (secondary N) is 1. The fraction of sp³-hybridized carbons (Fsp3) is 0.933. The number of piperidine rings is 1. The Morgan fingerprint density at radius 1 is 1.21 bits per heavy atom. The van der Waals surface area contributed by atoms with Gasteiger partial charge in [-0.1, -0.05) is 6.92 Å². The van der Waals surface area contributed by atoms with E-state index in [9.17, 15) is 4.79 Å². The van der Waals surface area contributed by atoms with E-state index in [1.807, 2.05) is 4.90 Å². The topological polar surface area (TPSA) is 41.6 Å². The highest BCUT2D eigenvalue weighted by Gasteiger charge is 2.47. The third-order valence-electron chi connectivity index (χ3n) is 4.35. The number of nitrogens with zero attached hydrogens (tertiary/aromatic N) is 1. The molecule has 19 heavy (non-hydrogen) atoms.